The topological polar surface area (TPSA) is 76.2 Å². The summed E-state index contributed by atoms with van der Waals surface area (Å²) in [5.41, 5.74) is 0.452. The van der Waals surface area contributed by atoms with Crippen LogP contribution in [-0.2, 0) is 14.8 Å². The Balaban J connectivity index is 2.17. The molecule has 1 fully saturated rings. The number of methoxy groups -OCH3 is 2. The minimum absolute atomic E-state index is 0.00989. The van der Waals surface area contributed by atoms with Crippen molar-refractivity contribution in [3.8, 4) is 11.5 Å². The summed E-state index contributed by atoms with van der Waals surface area (Å²) in [6.07, 6.45) is 5.39. The Bertz CT molecular complexity index is 750. The lowest BCUT2D eigenvalue weighted by Gasteiger charge is -2.36. The van der Waals surface area contributed by atoms with Crippen molar-refractivity contribution in [1.82, 2.24) is 4.90 Å². The predicted octanol–water partition coefficient (Wildman–Crippen LogP) is 2.65. The third kappa shape index (κ3) is 5.28. The van der Waals surface area contributed by atoms with E-state index in [0.717, 1.165) is 38.5 Å². The highest BCUT2D eigenvalue weighted by Gasteiger charge is 2.27. The number of benzene rings is 1. The van der Waals surface area contributed by atoms with Gasteiger partial charge in [0, 0.05) is 31.6 Å². The number of piperidine rings is 1. The van der Waals surface area contributed by atoms with Gasteiger partial charge in [0.2, 0.25) is 15.9 Å². The van der Waals surface area contributed by atoms with Crippen LogP contribution in [-0.4, -0.2) is 58.8 Å². The van der Waals surface area contributed by atoms with E-state index in [1.54, 1.807) is 18.2 Å². The second-order valence-corrected chi connectivity index (χ2v) is 8.68. The average Bonchev–Trinajstić information content (AvgIpc) is 2.66. The number of carbonyl (C=O) groups excluding carboxylic acids is 1. The molecule has 27 heavy (non-hydrogen) atoms. The van der Waals surface area contributed by atoms with Crippen molar-refractivity contribution in [3.05, 3.63) is 18.2 Å². The SMILES string of the molecule is CCC1CCCCN1C(=O)CCN(c1ccc(OC)c(OC)c1)S(C)(=O)=O. The third-order valence-corrected chi connectivity index (χ3v) is 6.20. The molecule has 0 N–H and O–H groups in total. The molecule has 152 valence electrons. The van der Waals surface area contributed by atoms with E-state index in [-0.39, 0.29) is 24.9 Å². The first-order valence-electron chi connectivity index (χ1n) is 9.31. The number of carbonyl (C=O) groups is 1. The van der Waals surface area contributed by atoms with Gasteiger partial charge in [-0.1, -0.05) is 6.92 Å². The predicted molar refractivity (Wildman–Crippen MR) is 106 cm³/mol. The third-order valence-electron chi connectivity index (χ3n) is 5.00. The number of ether oxygens (including phenoxy) is 2. The van der Waals surface area contributed by atoms with Gasteiger partial charge in [0.1, 0.15) is 0 Å². The molecule has 0 aliphatic carbocycles. The number of anilines is 1. The summed E-state index contributed by atoms with van der Waals surface area (Å²) in [4.78, 5) is 14.6. The highest BCUT2D eigenvalue weighted by molar-refractivity contribution is 7.92. The molecule has 1 saturated heterocycles. The molecule has 0 bridgehead atoms. The Morgan fingerprint density at radius 3 is 2.52 bits per heavy atom. The zero-order chi connectivity index (χ0) is 20.0. The molecule has 1 unspecified atom stereocenters. The summed E-state index contributed by atoms with van der Waals surface area (Å²) in [5.74, 6) is 0.970. The largest absolute Gasteiger partial charge is 0.493 e. The van der Waals surface area contributed by atoms with Crippen LogP contribution in [0.2, 0.25) is 0 Å². The van der Waals surface area contributed by atoms with Crippen LogP contribution in [0.4, 0.5) is 5.69 Å². The van der Waals surface area contributed by atoms with Gasteiger partial charge in [-0.25, -0.2) is 8.42 Å². The smallest absolute Gasteiger partial charge is 0.232 e. The van der Waals surface area contributed by atoms with Gasteiger partial charge in [-0.15, -0.1) is 0 Å². The summed E-state index contributed by atoms with van der Waals surface area (Å²) in [5, 5.41) is 0. The quantitative estimate of drug-likeness (QED) is 0.673. The van der Waals surface area contributed by atoms with Gasteiger partial charge < -0.3 is 14.4 Å². The molecule has 1 aliphatic rings. The van der Waals surface area contributed by atoms with Gasteiger partial charge in [0.05, 0.1) is 26.2 Å². The molecule has 0 spiro atoms. The molecule has 1 aromatic rings. The molecule has 1 atom stereocenters. The molecule has 1 aliphatic heterocycles. The summed E-state index contributed by atoms with van der Waals surface area (Å²) in [6.45, 7) is 2.94. The van der Waals surface area contributed by atoms with E-state index < -0.39 is 10.0 Å². The molecule has 2 rings (SSSR count). The second kappa shape index (κ2) is 9.30. The van der Waals surface area contributed by atoms with Crippen LogP contribution in [0, 0.1) is 0 Å². The number of likely N-dealkylation sites (tertiary alicyclic amines) is 1. The minimum atomic E-state index is -3.54. The van der Waals surface area contributed by atoms with E-state index in [9.17, 15) is 13.2 Å². The van der Waals surface area contributed by atoms with Crippen molar-refractivity contribution >= 4 is 21.6 Å². The first-order chi connectivity index (χ1) is 12.8. The van der Waals surface area contributed by atoms with E-state index in [2.05, 4.69) is 6.92 Å². The summed E-state index contributed by atoms with van der Waals surface area (Å²) in [7, 11) is -0.523. The lowest BCUT2D eigenvalue weighted by molar-refractivity contribution is -0.134. The number of amides is 1. The fourth-order valence-electron chi connectivity index (χ4n) is 3.56. The molecule has 1 amide bonds. The van der Waals surface area contributed by atoms with Crippen LogP contribution >= 0.6 is 0 Å². The zero-order valence-electron chi connectivity index (χ0n) is 16.6. The fraction of sp³-hybridized carbons (Fsp3) is 0.632. The van der Waals surface area contributed by atoms with Crippen molar-refractivity contribution in [1.29, 1.82) is 0 Å². The number of nitrogens with zero attached hydrogens (tertiary/aromatic N) is 2. The number of sulfonamides is 1. The summed E-state index contributed by atoms with van der Waals surface area (Å²) < 4.78 is 36.4. The lowest BCUT2D eigenvalue weighted by atomic mass is 9.99. The van der Waals surface area contributed by atoms with Crippen LogP contribution in [0.3, 0.4) is 0 Å². The number of hydrogen-bond donors (Lipinski definition) is 0. The summed E-state index contributed by atoms with van der Waals surface area (Å²) >= 11 is 0. The lowest BCUT2D eigenvalue weighted by Crippen LogP contribution is -2.44. The minimum Gasteiger partial charge on any atom is -0.493 e. The van der Waals surface area contributed by atoms with E-state index in [1.807, 2.05) is 4.90 Å². The maximum absolute atomic E-state index is 12.7. The van der Waals surface area contributed by atoms with Gasteiger partial charge in [-0.3, -0.25) is 9.10 Å². The van der Waals surface area contributed by atoms with Crippen molar-refractivity contribution in [3.63, 3.8) is 0 Å². The van der Waals surface area contributed by atoms with E-state index >= 15 is 0 Å². The van der Waals surface area contributed by atoms with Crippen LogP contribution in [0.15, 0.2) is 18.2 Å². The summed E-state index contributed by atoms with van der Waals surface area (Å²) in [6, 6.07) is 5.19. The standard InChI is InChI=1S/C19H30N2O5S/c1-5-15-8-6-7-12-20(15)19(22)11-13-21(27(4,23)24)16-9-10-17(25-2)18(14-16)26-3/h9-10,14-15H,5-8,11-13H2,1-4H3. The van der Waals surface area contributed by atoms with E-state index in [1.165, 1.54) is 18.5 Å². The molecule has 1 heterocycles. The number of hydrogen-bond acceptors (Lipinski definition) is 5. The first kappa shape index (κ1) is 21.3. The highest BCUT2D eigenvalue weighted by atomic mass is 32.2. The Kier molecular flexibility index (Phi) is 7.35. The maximum Gasteiger partial charge on any atom is 0.232 e. The zero-order valence-corrected chi connectivity index (χ0v) is 17.4. The molecular weight excluding hydrogens is 368 g/mol. The van der Waals surface area contributed by atoms with Gasteiger partial charge >= 0.3 is 0 Å². The van der Waals surface area contributed by atoms with Gasteiger partial charge in [-0.05, 0) is 37.8 Å². The molecule has 0 aromatic heterocycles. The van der Waals surface area contributed by atoms with E-state index in [4.69, 9.17) is 9.47 Å². The molecule has 7 nitrogen and oxygen atoms in total. The van der Waals surface area contributed by atoms with Crippen LogP contribution in [0.25, 0.3) is 0 Å². The Labute approximate surface area is 162 Å². The normalized spacial score (nSPS) is 17.5. The Hall–Kier alpha value is -1.96. The van der Waals surface area contributed by atoms with Crippen LogP contribution in [0.5, 0.6) is 11.5 Å². The molecule has 0 saturated carbocycles. The van der Waals surface area contributed by atoms with E-state index in [0.29, 0.717) is 17.2 Å². The Morgan fingerprint density at radius 2 is 1.93 bits per heavy atom. The molecule has 8 heteroatoms. The van der Waals surface area contributed by atoms with Crippen LogP contribution in [0.1, 0.15) is 39.0 Å². The molecular formula is C19H30N2O5S. The van der Waals surface area contributed by atoms with Gasteiger partial charge in [0.15, 0.2) is 11.5 Å². The van der Waals surface area contributed by atoms with Crippen molar-refractivity contribution in [2.24, 2.45) is 0 Å². The highest BCUT2D eigenvalue weighted by Crippen LogP contribution is 2.32. The van der Waals surface area contributed by atoms with Crippen molar-refractivity contribution in [2.45, 2.75) is 45.1 Å². The monoisotopic (exact) mass is 398 g/mol. The van der Waals surface area contributed by atoms with Gasteiger partial charge in [0.25, 0.3) is 0 Å². The molecule has 1 aromatic carbocycles. The van der Waals surface area contributed by atoms with Crippen LogP contribution < -0.4 is 13.8 Å². The maximum atomic E-state index is 12.7. The fourth-order valence-corrected chi connectivity index (χ4v) is 4.48. The van der Waals surface area contributed by atoms with Gasteiger partial charge in [-0.2, -0.15) is 0 Å². The number of rotatable bonds is 8. The Morgan fingerprint density at radius 1 is 1.22 bits per heavy atom. The molecule has 0 radical (unpaired) electrons. The first-order valence-corrected chi connectivity index (χ1v) is 11.2. The second-order valence-electron chi connectivity index (χ2n) is 6.77. The van der Waals surface area contributed by atoms with Crippen molar-refractivity contribution < 1.29 is 22.7 Å². The average molecular weight is 399 g/mol. The van der Waals surface area contributed by atoms with Crippen molar-refractivity contribution in [2.75, 3.05) is 37.9 Å².